The van der Waals surface area contributed by atoms with E-state index in [1.807, 2.05) is 30.3 Å². The highest BCUT2D eigenvalue weighted by atomic mass is 16.4. The molecule has 0 spiro atoms. The molecule has 0 aliphatic carbocycles. The van der Waals surface area contributed by atoms with E-state index in [1.165, 1.54) is 12.2 Å². The molecule has 0 aliphatic heterocycles. The monoisotopic (exact) mass is 227 g/mol. The molecule has 0 radical (unpaired) electrons. The molecule has 17 heavy (non-hydrogen) atoms. The van der Waals surface area contributed by atoms with Crippen molar-refractivity contribution in [2.45, 2.75) is 0 Å². The van der Waals surface area contributed by atoms with Crippen LogP contribution in [-0.4, -0.2) is 11.1 Å². The van der Waals surface area contributed by atoms with E-state index in [-0.39, 0.29) is 5.57 Å². The predicted octanol–water partition coefficient (Wildman–Crippen LogP) is 3.04. The Kier molecular flexibility index (Phi) is 7.36. The second kappa shape index (κ2) is 8.69. The number of hydrogen-bond donors (Lipinski definition) is 1. The second-order valence-corrected chi connectivity index (χ2v) is 2.91. The fourth-order valence-corrected chi connectivity index (χ4v) is 0.832. The molecule has 0 amide bonds. The van der Waals surface area contributed by atoms with Crippen LogP contribution in [0.1, 0.15) is 5.56 Å². The number of allylic oxidation sites excluding steroid dienone is 1. The second-order valence-electron chi connectivity index (χ2n) is 2.91. The van der Waals surface area contributed by atoms with Gasteiger partial charge in [-0.25, -0.2) is 4.79 Å². The number of carbonyl (C=O) groups is 1. The van der Waals surface area contributed by atoms with Crippen LogP contribution in [0.15, 0.2) is 61.2 Å². The maximum absolute atomic E-state index is 10.4. The lowest BCUT2D eigenvalue weighted by Gasteiger charge is -1.91. The van der Waals surface area contributed by atoms with Crippen LogP contribution in [0.3, 0.4) is 0 Å². The van der Waals surface area contributed by atoms with E-state index in [4.69, 9.17) is 10.4 Å². The molecule has 0 heterocycles. The Morgan fingerprint density at radius 1 is 1.35 bits per heavy atom. The van der Waals surface area contributed by atoms with Crippen LogP contribution in [-0.2, 0) is 4.79 Å². The fourth-order valence-electron chi connectivity index (χ4n) is 0.832. The summed E-state index contributed by atoms with van der Waals surface area (Å²) >= 11 is 0. The minimum Gasteiger partial charge on any atom is -0.478 e. The molecule has 0 aliphatic rings. The molecule has 0 saturated heterocycles. The van der Waals surface area contributed by atoms with Gasteiger partial charge in [-0.2, -0.15) is 5.26 Å². The topological polar surface area (TPSA) is 61.1 Å². The van der Waals surface area contributed by atoms with Gasteiger partial charge in [-0.05, 0) is 11.6 Å². The fraction of sp³-hybridized carbons (Fsp3) is 0. The van der Waals surface area contributed by atoms with E-state index in [0.29, 0.717) is 0 Å². The molecule has 0 fully saturated rings. The van der Waals surface area contributed by atoms with E-state index < -0.39 is 5.97 Å². The predicted molar refractivity (Wildman–Crippen MR) is 68.1 cm³/mol. The normalized spacial score (nSPS) is 8.65. The lowest BCUT2D eigenvalue weighted by atomic mass is 10.2. The number of benzene rings is 1. The first-order valence-corrected chi connectivity index (χ1v) is 4.77. The molecule has 1 N–H and O–H groups in total. The third-order valence-electron chi connectivity index (χ3n) is 1.64. The molecular formula is C14H13NO2. The summed E-state index contributed by atoms with van der Waals surface area (Å²) in [7, 11) is 0. The van der Waals surface area contributed by atoms with Crippen LogP contribution < -0.4 is 0 Å². The van der Waals surface area contributed by atoms with Crippen LogP contribution >= 0.6 is 0 Å². The number of nitriles is 1. The standard InChI is InChI=1S/C11H10O2.C3H3N/c1-9(11(12)13)7-8-10-5-3-2-4-6-10;1-2-3-4/h2-8H,1H2,(H,12,13);2H,1H2. The molecule has 1 aromatic carbocycles. The summed E-state index contributed by atoms with van der Waals surface area (Å²) in [5.41, 5.74) is 1.05. The zero-order chi connectivity index (χ0) is 13.1. The number of carboxylic acid groups (broad SMARTS) is 1. The van der Waals surface area contributed by atoms with E-state index in [2.05, 4.69) is 13.2 Å². The maximum Gasteiger partial charge on any atom is 0.335 e. The average Bonchev–Trinajstić information content (AvgIpc) is 2.37. The average molecular weight is 227 g/mol. The summed E-state index contributed by atoms with van der Waals surface area (Å²) in [5.74, 6) is -0.993. The number of rotatable bonds is 3. The van der Waals surface area contributed by atoms with Crippen LogP contribution in [0.25, 0.3) is 6.08 Å². The summed E-state index contributed by atoms with van der Waals surface area (Å²) in [6.45, 7) is 6.50. The summed E-state index contributed by atoms with van der Waals surface area (Å²) in [6, 6.07) is 11.2. The zero-order valence-electron chi connectivity index (χ0n) is 9.34. The molecule has 1 aromatic rings. The van der Waals surface area contributed by atoms with Gasteiger partial charge < -0.3 is 5.11 Å². The lowest BCUT2D eigenvalue weighted by molar-refractivity contribution is -0.132. The molecule has 0 saturated carbocycles. The van der Waals surface area contributed by atoms with E-state index in [1.54, 1.807) is 12.1 Å². The summed E-state index contributed by atoms with van der Waals surface area (Å²) in [4.78, 5) is 10.4. The number of nitrogens with zero attached hydrogens (tertiary/aromatic N) is 1. The van der Waals surface area contributed by atoms with Gasteiger partial charge in [0.05, 0.1) is 11.6 Å². The molecule has 0 bridgehead atoms. The number of aliphatic carboxylic acids is 1. The summed E-state index contributed by atoms with van der Waals surface area (Å²) in [5, 5.41) is 16.0. The minimum atomic E-state index is -0.993. The van der Waals surface area contributed by atoms with Gasteiger partial charge in [0.1, 0.15) is 0 Å². The van der Waals surface area contributed by atoms with Gasteiger partial charge in [0, 0.05) is 6.08 Å². The molecule has 1 rings (SSSR count). The van der Waals surface area contributed by atoms with E-state index in [0.717, 1.165) is 5.56 Å². The van der Waals surface area contributed by atoms with E-state index >= 15 is 0 Å². The smallest absolute Gasteiger partial charge is 0.335 e. The van der Waals surface area contributed by atoms with Crippen molar-refractivity contribution in [2.24, 2.45) is 0 Å². The van der Waals surface area contributed by atoms with Gasteiger partial charge in [-0.1, -0.05) is 49.6 Å². The third-order valence-corrected chi connectivity index (χ3v) is 1.64. The van der Waals surface area contributed by atoms with Crippen molar-refractivity contribution in [1.82, 2.24) is 0 Å². The largest absolute Gasteiger partial charge is 0.478 e. The third kappa shape index (κ3) is 7.34. The van der Waals surface area contributed by atoms with Crippen molar-refractivity contribution in [3.05, 3.63) is 66.8 Å². The van der Waals surface area contributed by atoms with Gasteiger partial charge >= 0.3 is 5.97 Å². The number of carboxylic acids is 1. The van der Waals surface area contributed by atoms with Crippen LogP contribution in [0.5, 0.6) is 0 Å². The van der Waals surface area contributed by atoms with Crippen molar-refractivity contribution in [3.63, 3.8) is 0 Å². The van der Waals surface area contributed by atoms with Crippen molar-refractivity contribution in [1.29, 1.82) is 5.26 Å². The Hall–Kier alpha value is -2.60. The highest BCUT2D eigenvalue weighted by Crippen LogP contribution is 2.03. The summed E-state index contributed by atoms with van der Waals surface area (Å²) < 4.78 is 0. The number of hydrogen-bond acceptors (Lipinski definition) is 2. The van der Waals surface area contributed by atoms with Crippen molar-refractivity contribution in [3.8, 4) is 6.07 Å². The summed E-state index contributed by atoms with van der Waals surface area (Å²) in [6.07, 6.45) is 4.38. The Morgan fingerprint density at radius 3 is 2.29 bits per heavy atom. The quantitative estimate of drug-likeness (QED) is 0.490. The molecule has 3 nitrogen and oxygen atoms in total. The van der Waals surface area contributed by atoms with Gasteiger partial charge in [0.15, 0.2) is 0 Å². The lowest BCUT2D eigenvalue weighted by Crippen LogP contribution is -1.94. The molecule has 0 atom stereocenters. The highest BCUT2D eigenvalue weighted by Gasteiger charge is 1.96. The van der Waals surface area contributed by atoms with Gasteiger partial charge in [0.25, 0.3) is 0 Å². The Labute approximate surface area is 101 Å². The Bertz CT molecular complexity index is 453. The first kappa shape index (κ1) is 14.4. The first-order chi connectivity index (χ1) is 8.11. The maximum atomic E-state index is 10.4. The van der Waals surface area contributed by atoms with Crippen molar-refractivity contribution < 1.29 is 9.90 Å². The van der Waals surface area contributed by atoms with Crippen molar-refractivity contribution >= 4 is 12.0 Å². The van der Waals surface area contributed by atoms with Gasteiger partial charge in [0.2, 0.25) is 0 Å². The molecule has 0 unspecified atom stereocenters. The first-order valence-electron chi connectivity index (χ1n) is 4.77. The van der Waals surface area contributed by atoms with Gasteiger partial charge in [-0.15, -0.1) is 0 Å². The van der Waals surface area contributed by atoms with E-state index in [9.17, 15) is 4.79 Å². The molecule has 3 heteroatoms. The molecule has 0 aromatic heterocycles. The van der Waals surface area contributed by atoms with Gasteiger partial charge in [-0.3, -0.25) is 0 Å². The van der Waals surface area contributed by atoms with Crippen LogP contribution in [0.4, 0.5) is 0 Å². The Morgan fingerprint density at radius 2 is 1.88 bits per heavy atom. The highest BCUT2D eigenvalue weighted by molar-refractivity contribution is 5.90. The molecule has 86 valence electrons. The van der Waals surface area contributed by atoms with Crippen LogP contribution in [0, 0.1) is 11.3 Å². The Balaban J connectivity index is 0.000000557. The zero-order valence-corrected chi connectivity index (χ0v) is 9.34. The molecular weight excluding hydrogens is 214 g/mol. The van der Waals surface area contributed by atoms with Crippen LogP contribution in [0.2, 0.25) is 0 Å². The van der Waals surface area contributed by atoms with Crippen molar-refractivity contribution in [2.75, 3.05) is 0 Å². The SMILES string of the molecule is C=C(C=Cc1ccccc1)C(=O)O.C=CC#N. The minimum absolute atomic E-state index is 0.0869.